The molecule has 0 N–H and O–H groups in total. The van der Waals surface area contributed by atoms with Crippen molar-refractivity contribution in [2.75, 3.05) is 0 Å². The van der Waals surface area contributed by atoms with E-state index >= 15 is 0 Å². The van der Waals surface area contributed by atoms with E-state index in [1.807, 2.05) is 27.7 Å². The lowest BCUT2D eigenvalue weighted by molar-refractivity contribution is 1.17. The smallest absolute Gasteiger partial charge is 0.0997 e. The van der Waals surface area contributed by atoms with Crippen molar-refractivity contribution in [3.05, 3.63) is 55.6 Å². The van der Waals surface area contributed by atoms with E-state index in [1.54, 1.807) is 0 Å². The zero-order valence-electron chi connectivity index (χ0n) is 15.9. The summed E-state index contributed by atoms with van der Waals surface area (Å²) in [5, 5.41) is 19.0. The molecule has 0 aliphatic carbocycles. The van der Waals surface area contributed by atoms with Crippen molar-refractivity contribution in [3.8, 4) is 23.3 Å². The van der Waals surface area contributed by atoms with Gasteiger partial charge in [-0.15, -0.1) is 0 Å². The molecule has 0 saturated heterocycles. The van der Waals surface area contributed by atoms with Gasteiger partial charge in [0.15, 0.2) is 0 Å². The predicted molar refractivity (Wildman–Crippen MR) is 99.2 cm³/mol. The molecule has 0 aliphatic rings. The zero-order valence-corrected chi connectivity index (χ0v) is 15.9. The minimum atomic E-state index is 0.783. The summed E-state index contributed by atoms with van der Waals surface area (Å²) in [6.07, 6.45) is 0. The van der Waals surface area contributed by atoms with E-state index in [9.17, 15) is 10.5 Å². The highest BCUT2D eigenvalue weighted by Crippen LogP contribution is 2.40. The molecule has 2 aromatic rings. The van der Waals surface area contributed by atoms with Crippen LogP contribution in [0, 0.1) is 78.1 Å². The van der Waals surface area contributed by atoms with Crippen LogP contribution in [0.2, 0.25) is 0 Å². The lowest BCUT2D eigenvalue weighted by atomic mass is 9.80. The molecule has 2 nitrogen and oxygen atoms in total. The summed E-state index contributed by atoms with van der Waals surface area (Å²) in [5.41, 5.74) is 12.8. The van der Waals surface area contributed by atoms with E-state index in [0.29, 0.717) is 0 Å². The van der Waals surface area contributed by atoms with Gasteiger partial charge in [0.05, 0.1) is 23.3 Å². The third kappa shape index (κ3) is 2.31. The monoisotopic (exact) mass is 316 g/mol. The molecule has 0 heterocycles. The number of benzene rings is 2. The molecule has 2 aromatic carbocycles. The molecule has 2 rings (SSSR count). The van der Waals surface area contributed by atoms with Gasteiger partial charge in [0.1, 0.15) is 0 Å². The number of rotatable bonds is 1. The summed E-state index contributed by atoms with van der Waals surface area (Å²) in [6, 6.07) is 4.70. The van der Waals surface area contributed by atoms with E-state index in [4.69, 9.17) is 0 Å². The van der Waals surface area contributed by atoms with Crippen LogP contribution in [0.5, 0.6) is 0 Å². The van der Waals surface area contributed by atoms with Gasteiger partial charge in [0, 0.05) is 0 Å². The van der Waals surface area contributed by atoms with Crippen molar-refractivity contribution in [3.63, 3.8) is 0 Å². The van der Waals surface area contributed by atoms with Crippen LogP contribution < -0.4 is 0 Å². The Kier molecular flexibility index (Phi) is 4.54. The Morgan fingerprint density at radius 3 is 0.792 bits per heavy atom. The minimum absolute atomic E-state index is 0.783. The maximum atomic E-state index is 9.49. The maximum Gasteiger partial charge on any atom is 0.0997 e. The summed E-state index contributed by atoms with van der Waals surface area (Å²) in [4.78, 5) is 0. The number of hydrogen-bond acceptors (Lipinski definition) is 2. The van der Waals surface area contributed by atoms with Crippen LogP contribution in [0.4, 0.5) is 0 Å². The topological polar surface area (TPSA) is 47.6 Å². The van der Waals surface area contributed by atoms with Gasteiger partial charge in [0.2, 0.25) is 0 Å². The first kappa shape index (κ1) is 17.8. The quantitative estimate of drug-likeness (QED) is 0.691. The van der Waals surface area contributed by atoms with Crippen molar-refractivity contribution in [2.24, 2.45) is 0 Å². The molecule has 0 bridgehead atoms. The van der Waals surface area contributed by atoms with E-state index in [1.165, 1.54) is 11.1 Å². The van der Waals surface area contributed by atoms with Crippen molar-refractivity contribution in [1.29, 1.82) is 10.5 Å². The number of nitriles is 2. The first-order valence-electron chi connectivity index (χ1n) is 8.20. The molecule has 2 heteroatoms. The standard InChI is InChI=1S/C22H24N2/c1-11-15(5)21(16(6)12(2)19(11)9-23)22-17(7)13(3)20(10-24)14(4)18(22)8/h1-8H3. The van der Waals surface area contributed by atoms with Crippen molar-refractivity contribution in [1.82, 2.24) is 0 Å². The summed E-state index contributed by atoms with van der Waals surface area (Å²) in [7, 11) is 0. The molecule has 0 fully saturated rings. The van der Waals surface area contributed by atoms with Crippen molar-refractivity contribution >= 4 is 0 Å². The predicted octanol–water partition coefficient (Wildman–Crippen LogP) is 5.56. The van der Waals surface area contributed by atoms with Gasteiger partial charge >= 0.3 is 0 Å². The van der Waals surface area contributed by atoms with Gasteiger partial charge in [-0.05, 0) is 111 Å². The van der Waals surface area contributed by atoms with Crippen LogP contribution in [0.3, 0.4) is 0 Å². The molecule has 0 spiro atoms. The van der Waals surface area contributed by atoms with Crippen LogP contribution in [0.25, 0.3) is 11.1 Å². The molecule has 0 saturated carbocycles. The minimum Gasteiger partial charge on any atom is -0.192 e. The first-order valence-corrected chi connectivity index (χ1v) is 8.20. The second-order valence-electron chi connectivity index (χ2n) is 6.72. The molecule has 0 amide bonds. The van der Waals surface area contributed by atoms with Crippen LogP contribution in [0.1, 0.15) is 55.6 Å². The molecule has 0 radical (unpaired) electrons. The van der Waals surface area contributed by atoms with Crippen molar-refractivity contribution in [2.45, 2.75) is 55.4 Å². The Morgan fingerprint density at radius 2 is 0.625 bits per heavy atom. The van der Waals surface area contributed by atoms with Crippen LogP contribution >= 0.6 is 0 Å². The van der Waals surface area contributed by atoms with E-state index < -0.39 is 0 Å². The summed E-state index contributed by atoms with van der Waals surface area (Å²) >= 11 is 0. The lowest BCUT2D eigenvalue weighted by Crippen LogP contribution is -2.05. The van der Waals surface area contributed by atoms with Gasteiger partial charge in [-0.2, -0.15) is 10.5 Å². The average molecular weight is 316 g/mol. The van der Waals surface area contributed by atoms with Gasteiger partial charge in [-0.3, -0.25) is 0 Å². The highest BCUT2D eigenvalue weighted by Gasteiger charge is 2.22. The third-order valence-corrected chi connectivity index (χ3v) is 5.72. The second-order valence-corrected chi connectivity index (χ2v) is 6.72. The van der Waals surface area contributed by atoms with Gasteiger partial charge in [-0.1, -0.05) is 0 Å². The second kappa shape index (κ2) is 6.14. The Bertz CT molecular complexity index is 810. The van der Waals surface area contributed by atoms with Gasteiger partial charge in [-0.25, -0.2) is 0 Å². The maximum absolute atomic E-state index is 9.49. The highest BCUT2D eigenvalue weighted by molar-refractivity contribution is 5.82. The summed E-state index contributed by atoms with van der Waals surface area (Å²) < 4.78 is 0. The SMILES string of the molecule is Cc1c(C)c(-c2c(C)c(C)c(C#N)c(C)c2C)c(C)c(C)c1C#N. The van der Waals surface area contributed by atoms with Gasteiger partial charge in [0.25, 0.3) is 0 Å². The van der Waals surface area contributed by atoms with Gasteiger partial charge < -0.3 is 0 Å². The molecular formula is C22H24N2. The Hall–Kier alpha value is -2.58. The van der Waals surface area contributed by atoms with E-state index in [0.717, 1.165) is 55.6 Å². The number of nitrogens with zero attached hydrogens (tertiary/aromatic N) is 2. The number of hydrogen-bond donors (Lipinski definition) is 0. The largest absolute Gasteiger partial charge is 0.192 e. The fraction of sp³-hybridized carbons (Fsp3) is 0.364. The fourth-order valence-corrected chi connectivity index (χ4v) is 3.71. The Balaban J connectivity index is 3.06. The molecule has 122 valence electrons. The summed E-state index contributed by atoms with van der Waals surface area (Å²) in [5.74, 6) is 0. The average Bonchev–Trinajstić information content (AvgIpc) is 2.55. The molecule has 0 aliphatic heterocycles. The fourth-order valence-electron chi connectivity index (χ4n) is 3.71. The van der Waals surface area contributed by atoms with Crippen LogP contribution in [0.15, 0.2) is 0 Å². The first-order chi connectivity index (χ1) is 11.2. The van der Waals surface area contributed by atoms with E-state index in [-0.39, 0.29) is 0 Å². The highest BCUT2D eigenvalue weighted by atomic mass is 14.3. The Labute approximate surface area is 145 Å². The zero-order chi connectivity index (χ0) is 18.3. The molecule has 24 heavy (non-hydrogen) atoms. The third-order valence-electron chi connectivity index (χ3n) is 5.72. The van der Waals surface area contributed by atoms with Crippen LogP contribution in [-0.4, -0.2) is 0 Å². The Morgan fingerprint density at radius 1 is 0.417 bits per heavy atom. The van der Waals surface area contributed by atoms with E-state index in [2.05, 4.69) is 39.8 Å². The molecule has 0 atom stereocenters. The summed E-state index contributed by atoms with van der Waals surface area (Å²) in [6.45, 7) is 16.5. The molecular weight excluding hydrogens is 292 g/mol. The van der Waals surface area contributed by atoms with Crippen molar-refractivity contribution < 1.29 is 0 Å². The van der Waals surface area contributed by atoms with Crippen LogP contribution in [-0.2, 0) is 0 Å². The molecule has 0 aromatic heterocycles. The lowest BCUT2D eigenvalue weighted by Gasteiger charge is -2.23. The molecule has 0 unspecified atom stereocenters. The normalized spacial score (nSPS) is 10.4.